The maximum absolute atomic E-state index is 12.4. The number of rotatable bonds is 7. The molecule has 0 unspecified atom stereocenters. The molecule has 160 valence electrons. The zero-order valence-corrected chi connectivity index (χ0v) is 18.0. The molecule has 0 fully saturated rings. The van der Waals surface area contributed by atoms with E-state index in [0.717, 1.165) is 55.3 Å². The van der Waals surface area contributed by atoms with Crippen LogP contribution in [0.1, 0.15) is 35.1 Å². The van der Waals surface area contributed by atoms with Crippen molar-refractivity contribution in [3.8, 4) is 5.75 Å². The van der Waals surface area contributed by atoms with E-state index >= 15 is 0 Å². The molecule has 4 rings (SSSR count). The quantitative estimate of drug-likeness (QED) is 0.565. The van der Waals surface area contributed by atoms with Crippen LogP contribution in [0.2, 0.25) is 5.02 Å². The van der Waals surface area contributed by atoms with E-state index in [9.17, 15) is 13.2 Å². The van der Waals surface area contributed by atoms with Crippen LogP contribution in [0.5, 0.6) is 5.75 Å². The predicted molar refractivity (Wildman–Crippen MR) is 117 cm³/mol. The number of aryl methyl sites for hydroxylation is 2. The van der Waals surface area contributed by atoms with E-state index in [1.54, 1.807) is 24.3 Å². The van der Waals surface area contributed by atoms with Crippen LogP contribution in [-0.4, -0.2) is 27.6 Å². The molecular formula is C21H24ClN3O4S. The molecule has 0 saturated heterocycles. The molecule has 2 aromatic carbocycles. The molecule has 3 N–H and O–H groups in total. The molecule has 2 aliphatic carbocycles. The van der Waals surface area contributed by atoms with Crippen molar-refractivity contribution in [2.24, 2.45) is 0 Å². The van der Waals surface area contributed by atoms with Crippen molar-refractivity contribution >= 4 is 33.5 Å². The molecule has 9 heteroatoms. The molecule has 0 bridgehead atoms. The number of halogens is 1. The molecule has 0 aliphatic heterocycles. The summed E-state index contributed by atoms with van der Waals surface area (Å²) in [6.45, 7) is 0.0654. The Kier molecular flexibility index (Phi) is 6.17. The molecular weight excluding hydrogens is 426 g/mol. The zero-order chi connectivity index (χ0) is 21.1. The number of hydrogen-bond acceptors (Lipinski definition) is 4. The largest absolute Gasteiger partial charge is 0.491 e. The van der Waals surface area contributed by atoms with Crippen LogP contribution in [-0.2, 0) is 35.9 Å². The van der Waals surface area contributed by atoms with Crippen molar-refractivity contribution in [3.63, 3.8) is 0 Å². The Labute approximate surface area is 181 Å². The van der Waals surface area contributed by atoms with Crippen molar-refractivity contribution in [1.82, 2.24) is 9.44 Å². The number of hydrogen-bond donors (Lipinski definition) is 3. The Morgan fingerprint density at radius 2 is 1.70 bits per heavy atom. The van der Waals surface area contributed by atoms with Gasteiger partial charge in [0.2, 0.25) is 0 Å². The van der Waals surface area contributed by atoms with Gasteiger partial charge >= 0.3 is 16.2 Å². The van der Waals surface area contributed by atoms with Crippen LogP contribution in [0, 0.1) is 0 Å². The van der Waals surface area contributed by atoms with Gasteiger partial charge in [-0.25, -0.2) is 9.52 Å². The molecule has 30 heavy (non-hydrogen) atoms. The summed E-state index contributed by atoms with van der Waals surface area (Å²) in [7, 11) is -4.02. The van der Waals surface area contributed by atoms with Gasteiger partial charge in [0.1, 0.15) is 12.4 Å². The minimum Gasteiger partial charge on any atom is -0.491 e. The third kappa shape index (κ3) is 4.71. The molecule has 0 spiro atoms. The second-order valence-corrected chi connectivity index (χ2v) is 9.37. The first-order chi connectivity index (χ1) is 14.4. The van der Waals surface area contributed by atoms with E-state index in [0.29, 0.717) is 10.8 Å². The topological polar surface area (TPSA) is 96.5 Å². The van der Waals surface area contributed by atoms with Crippen LogP contribution in [0.25, 0.3) is 0 Å². The van der Waals surface area contributed by atoms with Gasteiger partial charge in [-0.1, -0.05) is 29.8 Å². The molecule has 2 aliphatic rings. The highest BCUT2D eigenvalue weighted by atomic mass is 35.5. The third-order valence-electron chi connectivity index (χ3n) is 5.43. The number of anilines is 1. The van der Waals surface area contributed by atoms with Crippen molar-refractivity contribution < 1.29 is 17.9 Å². The smallest absolute Gasteiger partial charge is 0.333 e. The number of nitrogens with one attached hydrogen (secondary N) is 3. The SMILES string of the molecule is O=C(Nc1c2c(cc3c1CCC3)CCC2)NS(=O)(=O)NCCOc1ccccc1Cl. The van der Waals surface area contributed by atoms with Crippen LogP contribution in [0.15, 0.2) is 30.3 Å². The third-order valence-corrected chi connectivity index (χ3v) is 6.78. The van der Waals surface area contributed by atoms with Crippen LogP contribution >= 0.6 is 11.6 Å². The van der Waals surface area contributed by atoms with Crippen molar-refractivity contribution in [1.29, 1.82) is 0 Å². The fourth-order valence-electron chi connectivity index (χ4n) is 4.16. The molecule has 2 aromatic rings. The number of carbonyl (C=O) groups is 1. The highest BCUT2D eigenvalue weighted by Gasteiger charge is 2.25. The summed E-state index contributed by atoms with van der Waals surface area (Å²) < 4.78 is 34.2. The van der Waals surface area contributed by atoms with Gasteiger partial charge in [0.15, 0.2) is 0 Å². The molecule has 2 amide bonds. The molecule has 0 heterocycles. The van der Waals surface area contributed by atoms with Crippen LogP contribution in [0.3, 0.4) is 0 Å². The van der Waals surface area contributed by atoms with Crippen LogP contribution < -0.4 is 19.5 Å². The molecule has 0 atom stereocenters. The van der Waals surface area contributed by atoms with Gasteiger partial charge in [0.25, 0.3) is 0 Å². The summed E-state index contributed by atoms with van der Waals surface area (Å²) in [4.78, 5) is 12.4. The van der Waals surface area contributed by atoms with Crippen LogP contribution in [0.4, 0.5) is 10.5 Å². The first kappa shape index (κ1) is 21.0. The number of ether oxygens (including phenoxy) is 1. The normalized spacial score (nSPS) is 14.8. The number of amides is 2. The monoisotopic (exact) mass is 449 g/mol. The maximum Gasteiger partial charge on any atom is 0.333 e. The van der Waals surface area contributed by atoms with E-state index in [-0.39, 0.29) is 13.2 Å². The van der Waals surface area contributed by atoms with Gasteiger partial charge in [-0.2, -0.15) is 13.1 Å². The Morgan fingerprint density at radius 3 is 2.37 bits per heavy atom. The number of carbonyl (C=O) groups excluding carboxylic acids is 1. The van der Waals surface area contributed by atoms with E-state index in [1.807, 2.05) is 4.72 Å². The molecule has 0 radical (unpaired) electrons. The molecule has 0 saturated carbocycles. The summed E-state index contributed by atoms with van der Waals surface area (Å²) in [6.07, 6.45) is 5.93. The summed E-state index contributed by atoms with van der Waals surface area (Å²) in [5.74, 6) is 0.468. The number of para-hydroxylation sites is 1. The average molecular weight is 450 g/mol. The maximum atomic E-state index is 12.4. The molecule has 0 aromatic heterocycles. The first-order valence-electron chi connectivity index (χ1n) is 10.0. The summed E-state index contributed by atoms with van der Waals surface area (Å²) in [5.41, 5.74) is 5.62. The van der Waals surface area contributed by atoms with Gasteiger partial charge in [-0.15, -0.1) is 0 Å². The Balaban J connectivity index is 1.33. The lowest BCUT2D eigenvalue weighted by atomic mass is 9.99. The second-order valence-electron chi connectivity index (χ2n) is 7.47. The fraction of sp³-hybridized carbons (Fsp3) is 0.381. The van der Waals surface area contributed by atoms with Gasteiger partial charge < -0.3 is 10.1 Å². The minimum atomic E-state index is -4.02. The van der Waals surface area contributed by atoms with E-state index in [4.69, 9.17) is 16.3 Å². The van der Waals surface area contributed by atoms with E-state index in [1.165, 1.54) is 11.1 Å². The van der Waals surface area contributed by atoms with Crippen molar-refractivity contribution in [2.75, 3.05) is 18.5 Å². The van der Waals surface area contributed by atoms with Gasteiger partial charge in [0, 0.05) is 12.2 Å². The lowest BCUT2D eigenvalue weighted by molar-refractivity contribution is 0.256. The van der Waals surface area contributed by atoms with Crippen molar-refractivity contribution in [2.45, 2.75) is 38.5 Å². The van der Waals surface area contributed by atoms with Gasteiger partial charge in [0.05, 0.1) is 5.02 Å². The summed E-state index contributed by atoms with van der Waals surface area (Å²) in [6, 6.07) is 8.42. The highest BCUT2D eigenvalue weighted by Crippen LogP contribution is 2.38. The minimum absolute atomic E-state index is 0.00995. The predicted octanol–water partition coefficient (Wildman–Crippen LogP) is 3.35. The van der Waals surface area contributed by atoms with Gasteiger partial charge in [-0.05, 0) is 72.9 Å². The molecule has 7 nitrogen and oxygen atoms in total. The lowest BCUT2D eigenvalue weighted by Gasteiger charge is -2.16. The highest BCUT2D eigenvalue weighted by molar-refractivity contribution is 7.88. The Morgan fingerprint density at radius 1 is 1.03 bits per heavy atom. The summed E-state index contributed by atoms with van der Waals surface area (Å²) in [5, 5.41) is 3.25. The number of benzene rings is 2. The number of urea groups is 1. The summed E-state index contributed by atoms with van der Waals surface area (Å²) >= 11 is 5.99. The number of fused-ring (bicyclic) bond motifs is 2. The standard InChI is InChI=1S/C21H24ClN3O4S/c22-18-9-1-2-10-19(18)29-12-11-23-30(27,28)25-21(26)24-20-16-7-3-5-14(16)13-15-6-4-8-17(15)20/h1-2,9-10,13,23H,3-8,11-12H2,(H2,24,25,26). The first-order valence-corrected chi connectivity index (χ1v) is 11.9. The van der Waals surface area contributed by atoms with Gasteiger partial charge in [-0.3, -0.25) is 0 Å². The Hall–Kier alpha value is -2.29. The van der Waals surface area contributed by atoms with E-state index < -0.39 is 16.2 Å². The van der Waals surface area contributed by atoms with Crippen molar-refractivity contribution in [3.05, 3.63) is 57.6 Å². The fourth-order valence-corrected chi connectivity index (χ4v) is 5.07. The second kappa shape index (κ2) is 8.83. The lowest BCUT2D eigenvalue weighted by Crippen LogP contribution is -2.43. The zero-order valence-electron chi connectivity index (χ0n) is 16.5. The Bertz CT molecular complexity index is 1040. The van der Waals surface area contributed by atoms with E-state index in [2.05, 4.69) is 16.1 Å². The average Bonchev–Trinajstić information content (AvgIpc) is 3.35.